The molecule has 0 spiro atoms. The van der Waals surface area contributed by atoms with Gasteiger partial charge in [0.15, 0.2) is 0 Å². The predicted molar refractivity (Wildman–Crippen MR) is 52.3 cm³/mol. The molecule has 0 amide bonds. The predicted octanol–water partition coefficient (Wildman–Crippen LogP) is 3.67. The van der Waals surface area contributed by atoms with Crippen molar-refractivity contribution in [1.82, 2.24) is 0 Å². The smallest absolute Gasteiger partial charge is 0.0175 e. The molecule has 0 N–H and O–H groups in total. The Labute approximate surface area is 77.3 Å². The van der Waals surface area contributed by atoms with E-state index in [0.29, 0.717) is 0 Å². The van der Waals surface area contributed by atoms with Crippen LogP contribution in [0, 0.1) is 0 Å². The third kappa shape index (κ3) is 2.67. The Kier molecular flexibility index (Phi) is 3.16. The lowest BCUT2D eigenvalue weighted by molar-refractivity contribution is 1.77. The van der Waals surface area contributed by atoms with Crippen LogP contribution in [-0.2, 0) is 0 Å². The van der Waals surface area contributed by atoms with E-state index in [9.17, 15) is 0 Å². The number of rotatable bonds is 0. The Morgan fingerprint density at radius 1 is 0.800 bits per heavy atom. The van der Waals surface area contributed by atoms with Gasteiger partial charge in [0.1, 0.15) is 0 Å². The third-order valence-corrected chi connectivity index (χ3v) is 2.08. The highest BCUT2D eigenvalue weighted by atomic mass is 79.9. The SMILES string of the molecule is BrC1=C/C=C\C=C(Br)/C=C\1. The molecule has 52 valence electrons. The first-order chi connectivity index (χ1) is 4.79. The Morgan fingerprint density at radius 3 is 1.60 bits per heavy atom. The van der Waals surface area contributed by atoms with Crippen LogP contribution >= 0.6 is 31.9 Å². The molecule has 0 aromatic rings. The molecule has 0 unspecified atom stereocenters. The molecule has 0 aromatic heterocycles. The van der Waals surface area contributed by atoms with Gasteiger partial charge < -0.3 is 0 Å². The first-order valence-electron chi connectivity index (χ1n) is 2.87. The maximum Gasteiger partial charge on any atom is 0.0175 e. The Hall–Kier alpha value is -0.0800. The monoisotopic (exact) mass is 260 g/mol. The molecule has 0 saturated carbocycles. The van der Waals surface area contributed by atoms with Crippen molar-refractivity contribution in [2.45, 2.75) is 0 Å². The van der Waals surface area contributed by atoms with E-state index < -0.39 is 0 Å². The van der Waals surface area contributed by atoms with Gasteiger partial charge in [0.2, 0.25) is 0 Å². The zero-order valence-corrected chi connectivity index (χ0v) is 8.39. The molecule has 0 saturated heterocycles. The number of hydrogen-bond donors (Lipinski definition) is 0. The molecule has 10 heavy (non-hydrogen) atoms. The molecule has 0 fully saturated rings. The molecule has 0 radical (unpaired) electrons. The van der Waals surface area contributed by atoms with E-state index in [1.807, 2.05) is 36.5 Å². The van der Waals surface area contributed by atoms with E-state index in [-0.39, 0.29) is 0 Å². The highest BCUT2D eigenvalue weighted by Gasteiger charge is 1.86. The molecule has 0 heterocycles. The number of halogens is 2. The summed E-state index contributed by atoms with van der Waals surface area (Å²) in [5, 5.41) is 0. The van der Waals surface area contributed by atoms with Crippen LogP contribution in [0.4, 0.5) is 0 Å². The standard InChI is InChI=1S/C8H6Br2/c9-7-3-1-2-4-8(10)6-5-7/h1-6H/b2-1-,3-1?,4-2?,6-5-,7-3+,7-5?,8-4+,8-6?. The molecule has 1 rings (SSSR count). The van der Waals surface area contributed by atoms with Crippen molar-refractivity contribution in [3.63, 3.8) is 0 Å². The molecule has 0 aromatic carbocycles. The summed E-state index contributed by atoms with van der Waals surface area (Å²) in [5.74, 6) is 0. The van der Waals surface area contributed by atoms with Gasteiger partial charge >= 0.3 is 0 Å². The lowest BCUT2D eigenvalue weighted by Gasteiger charge is -1.90. The summed E-state index contributed by atoms with van der Waals surface area (Å²) in [6, 6.07) is 0. The van der Waals surface area contributed by atoms with Crippen LogP contribution in [0.1, 0.15) is 0 Å². The van der Waals surface area contributed by atoms with Gasteiger partial charge in [-0.1, -0.05) is 44.0 Å². The highest BCUT2D eigenvalue weighted by Crippen LogP contribution is 2.14. The van der Waals surface area contributed by atoms with Gasteiger partial charge in [-0.2, -0.15) is 0 Å². The summed E-state index contributed by atoms with van der Waals surface area (Å²) in [4.78, 5) is 0. The quantitative estimate of drug-likeness (QED) is 0.624. The maximum atomic E-state index is 3.38. The van der Waals surface area contributed by atoms with Crippen LogP contribution in [-0.4, -0.2) is 0 Å². The van der Waals surface area contributed by atoms with Crippen LogP contribution in [0.25, 0.3) is 0 Å². The molecule has 0 aliphatic heterocycles. The van der Waals surface area contributed by atoms with Crippen molar-refractivity contribution < 1.29 is 0 Å². The molecule has 0 nitrogen and oxygen atoms in total. The van der Waals surface area contributed by atoms with Crippen molar-refractivity contribution in [2.24, 2.45) is 0 Å². The van der Waals surface area contributed by atoms with Gasteiger partial charge in [-0.3, -0.25) is 0 Å². The Bertz CT molecular complexity index is 208. The second-order valence-electron chi connectivity index (χ2n) is 1.82. The van der Waals surface area contributed by atoms with Crippen LogP contribution in [0.15, 0.2) is 45.4 Å². The zero-order valence-electron chi connectivity index (χ0n) is 5.22. The maximum absolute atomic E-state index is 3.38. The van der Waals surface area contributed by atoms with Crippen molar-refractivity contribution in [3.8, 4) is 0 Å². The molecule has 0 bridgehead atoms. The molecule has 2 heteroatoms. The van der Waals surface area contributed by atoms with Gasteiger partial charge in [-0.25, -0.2) is 0 Å². The van der Waals surface area contributed by atoms with Gasteiger partial charge in [0.05, 0.1) is 0 Å². The number of allylic oxidation sites excluding steroid dienone is 8. The topological polar surface area (TPSA) is 0 Å². The Balaban J connectivity index is 2.85. The third-order valence-electron chi connectivity index (χ3n) is 1.02. The van der Waals surface area contributed by atoms with Crippen molar-refractivity contribution in [3.05, 3.63) is 45.4 Å². The molecular formula is C8H6Br2. The van der Waals surface area contributed by atoms with Crippen molar-refractivity contribution in [2.75, 3.05) is 0 Å². The Morgan fingerprint density at radius 2 is 1.20 bits per heavy atom. The van der Waals surface area contributed by atoms with Crippen molar-refractivity contribution >= 4 is 31.9 Å². The second kappa shape index (κ2) is 3.94. The van der Waals surface area contributed by atoms with Crippen LogP contribution < -0.4 is 0 Å². The highest BCUT2D eigenvalue weighted by molar-refractivity contribution is 9.12. The van der Waals surface area contributed by atoms with Gasteiger partial charge in [-0.15, -0.1) is 0 Å². The fourth-order valence-electron chi connectivity index (χ4n) is 0.565. The van der Waals surface area contributed by atoms with Gasteiger partial charge in [-0.05, 0) is 24.3 Å². The summed E-state index contributed by atoms with van der Waals surface area (Å²) < 4.78 is 2.16. The lowest BCUT2D eigenvalue weighted by atomic mass is 10.3. The van der Waals surface area contributed by atoms with Crippen LogP contribution in [0.3, 0.4) is 0 Å². The van der Waals surface area contributed by atoms with Gasteiger partial charge in [0, 0.05) is 8.96 Å². The summed E-state index contributed by atoms with van der Waals surface area (Å²) >= 11 is 6.75. The largest absolute Gasteiger partial charge is 0.0611 e. The average molecular weight is 262 g/mol. The van der Waals surface area contributed by atoms with Crippen molar-refractivity contribution in [1.29, 1.82) is 0 Å². The van der Waals surface area contributed by atoms with E-state index >= 15 is 0 Å². The van der Waals surface area contributed by atoms with Crippen LogP contribution in [0.2, 0.25) is 0 Å². The first kappa shape index (κ1) is 8.02. The van der Waals surface area contributed by atoms with E-state index in [4.69, 9.17) is 0 Å². The summed E-state index contributed by atoms with van der Waals surface area (Å²) in [7, 11) is 0. The first-order valence-corrected chi connectivity index (χ1v) is 4.45. The minimum Gasteiger partial charge on any atom is -0.0611 e. The van der Waals surface area contributed by atoms with E-state index in [1.54, 1.807) is 0 Å². The minimum atomic E-state index is 1.08. The molecular weight excluding hydrogens is 256 g/mol. The normalized spacial score (nSPS) is 34.2. The van der Waals surface area contributed by atoms with E-state index in [0.717, 1.165) is 8.96 Å². The zero-order chi connectivity index (χ0) is 7.40. The minimum absolute atomic E-state index is 1.08. The summed E-state index contributed by atoms with van der Waals surface area (Å²) in [5.41, 5.74) is 0. The molecule has 0 atom stereocenters. The lowest BCUT2D eigenvalue weighted by Crippen LogP contribution is -1.67. The fraction of sp³-hybridized carbons (Fsp3) is 0. The average Bonchev–Trinajstić information content (AvgIpc) is 1.90. The van der Waals surface area contributed by atoms with E-state index in [2.05, 4.69) is 31.9 Å². The molecule has 1 aliphatic rings. The van der Waals surface area contributed by atoms with Gasteiger partial charge in [0.25, 0.3) is 0 Å². The second-order valence-corrected chi connectivity index (χ2v) is 3.65. The number of hydrogen-bond acceptors (Lipinski definition) is 0. The van der Waals surface area contributed by atoms with Crippen LogP contribution in [0.5, 0.6) is 0 Å². The molecule has 1 aliphatic carbocycles. The summed E-state index contributed by atoms with van der Waals surface area (Å²) in [6.45, 7) is 0. The summed E-state index contributed by atoms with van der Waals surface area (Å²) in [6.07, 6.45) is 11.9. The van der Waals surface area contributed by atoms with E-state index in [1.165, 1.54) is 0 Å². The fourth-order valence-corrected chi connectivity index (χ4v) is 1.13.